The van der Waals surface area contributed by atoms with Gasteiger partial charge in [-0.2, -0.15) is 5.48 Å². The molecule has 0 bridgehead atoms. The molecule has 1 amide bonds. The summed E-state index contributed by atoms with van der Waals surface area (Å²) in [5.41, 5.74) is 4.24. The van der Waals surface area contributed by atoms with Crippen LogP contribution >= 0.6 is 0 Å². The smallest absolute Gasteiger partial charge is 0.208 e. The lowest BCUT2D eigenvalue weighted by molar-refractivity contribution is -0.110. The third-order valence-electron chi connectivity index (χ3n) is 2.99. The lowest BCUT2D eigenvalue weighted by Gasteiger charge is -2.30. The molecule has 0 aromatic carbocycles. The second-order valence-electron chi connectivity index (χ2n) is 4.39. The van der Waals surface area contributed by atoms with Gasteiger partial charge in [0.05, 0.1) is 12.6 Å². The van der Waals surface area contributed by atoms with Crippen molar-refractivity contribution in [3.8, 4) is 0 Å². The van der Waals surface area contributed by atoms with Crippen LogP contribution in [-0.4, -0.2) is 31.8 Å². The molecule has 2 aliphatic rings. The molecule has 1 heterocycles. The minimum atomic E-state index is -0.0162. The fourth-order valence-electron chi connectivity index (χ4n) is 2.05. The summed E-state index contributed by atoms with van der Waals surface area (Å²) < 4.78 is 0. The minimum Gasteiger partial charge on any atom is -0.340 e. The van der Waals surface area contributed by atoms with E-state index in [9.17, 15) is 4.79 Å². The highest BCUT2D eigenvalue weighted by Gasteiger charge is 2.33. The summed E-state index contributed by atoms with van der Waals surface area (Å²) in [7, 11) is 0. The van der Waals surface area contributed by atoms with E-state index in [1.807, 2.05) is 0 Å². The van der Waals surface area contributed by atoms with Gasteiger partial charge in [0.1, 0.15) is 6.17 Å². The van der Waals surface area contributed by atoms with E-state index >= 15 is 0 Å². The van der Waals surface area contributed by atoms with Crippen LogP contribution in [0.3, 0.4) is 0 Å². The number of amides is 1. The molecule has 0 aromatic heterocycles. The predicted molar refractivity (Wildman–Crippen MR) is 64.9 cm³/mol. The Labute approximate surface area is 101 Å². The van der Waals surface area contributed by atoms with Gasteiger partial charge in [0, 0.05) is 6.54 Å². The van der Waals surface area contributed by atoms with Gasteiger partial charge in [-0.1, -0.05) is 12.2 Å². The molecule has 1 aliphatic carbocycles. The summed E-state index contributed by atoms with van der Waals surface area (Å²) in [6.07, 6.45) is 7.02. The quantitative estimate of drug-likeness (QED) is 0.254. The lowest BCUT2D eigenvalue weighted by Crippen LogP contribution is -2.52. The number of nitrogens with one attached hydrogen (secondary N) is 3. The Morgan fingerprint density at radius 3 is 3.06 bits per heavy atom. The van der Waals surface area contributed by atoms with Crippen molar-refractivity contribution in [2.24, 2.45) is 5.92 Å². The minimum absolute atomic E-state index is 0.0162. The molecule has 5 heteroatoms. The van der Waals surface area contributed by atoms with Gasteiger partial charge in [-0.25, -0.2) is 0 Å². The standard InChI is InChI=1S/C12H19N3O2/c1-2-5-17-15-10-6-11(9-3-4-9)12(13-7-10)14-8-16/h2,6,8-10,12-13,15H,1,3-5,7H2,(H,14,16)/t10-,12?/m1/s1. The Morgan fingerprint density at radius 1 is 1.59 bits per heavy atom. The van der Waals surface area contributed by atoms with E-state index in [1.54, 1.807) is 6.08 Å². The molecule has 94 valence electrons. The largest absolute Gasteiger partial charge is 0.340 e. The summed E-state index contributed by atoms with van der Waals surface area (Å²) in [6, 6.07) is 0.148. The van der Waals surface area contributed by atoms with E-state index in [0.717, 1.165) is 13.0 Å². The summed E-state index contributed by atoms with van der Waals surface area (Å²) >= 11 is 0. The average molecular weight is 237 g/mol. The van der Waals surface area contributed by atoms with Crippen LogP contribution in [0.1, 0.15) is 12.8 Å². The predicted octanol–water partition coefficient (Wildman–Crippen LogP) is 0.0739. The Bertz CT molecular complexity index is 313. The van der Waals surface area contributed by atoms with Gasteiger partial charge in [-0.3, -0.25) is 14.9 Å². The zero-order valence-electron chi connectivity index (χ0n) is 9.82. The summed E-state index contributed by atoms with van der Waals surface area (Å²) in [6.45, 7) is 4.81. The topological polar surface area (TPSA) is 62.4 Å². The SMILES string of the molecule is C=CCON[C@@H]1C=C(C2CC2)C(NC=O)NC1. The monoisotopic (exact) mass is 237 g/mol. The van der Waals surface area contributed by atoms with Crippen molar-refractivity contribution >= 4 is 6.41 Å². The molecule has 0 saturated heterocycles. The third-order valence-corrected chi connectivity index (χ3v) is 2.99. The highest BCUT2D eigenvalue weighted by molar-refractivity contribution is 5.48. The number of hydroxylamine groups is 1. The maximum Gasteiger partial charge on any atom is 0.208 e. The zero-order chi connectivity index (χ0) is 12.1. The first-order chi connectivity index (χ1) is 8.35. The highest BCUT2D eigenvalue weighted by Crippen LogP contribution is 2.38. The van der Waals surface area contributed by atoms with Crippen LogP contribution in [-0.2, 0) is 9.63 Å². The first kappa shape index (κ1) is 12.3. The second kappa shape index (κ2) is 5.95. The molecule has 17 heavy (non-hydrogen) atoms. The fraction of sp³-hybridized carbons (Fsp3) is 0.583. The van der Waals surface area contributed by atoms with Crippen LogP contribution in [0.2, 0.25) is 0 Å². The second-order valence-corrected chi connectivity index (χ2v) is 4.39. The van der Waals surface area contributed by atoms with Crippen LogP contribution in [0.5, 0.6) is 0 Å². The van der Waals surface area contributed by atoms with Crippen molar-refractivity contribution in [1.82, 2.24) is 16.1 Å². The number of carbonyl (C=O) groups excluding carboxylic acids is 1. The third kappa shape index (κ3) is 3.39. The molecule has 1 saturated carbocycles. The van der Waals surface area contributed by atoms with Crippen LogP contribution in [0.4, 0.5) is 0 Å². The molecule has 1 unspecified atom stereocenters. The van der Waals surface area contributed by atoms with Crippen molar-refractivity contribution in [3.63, 3.8) is 0 Å². The number of rotatable bonds is 7. The Kier molecular flexibility index (Phi) is 4.30. The van der Waals surface area contributed by atoms with Crippen LogP contribution < -0.4 is 16.1 Å². The molecule has 1 aliphatic heterocycles. The molecule has 1 fully saturated rings. The fourth-order valence-corrected chi connectivity index (χ4v) is 2.05. The number of hydrogen-bond donors (Lipinski definition) is 3. The molecular weight excluding hydrogens is 218 g/mol. The molecule has 0 radical (unpaired) electrons. The molecule has 0 aromatic rings. The summed E-state index contributed by atoms with van der Waals surface area (Å²) in [5.74, 6) is 0.615. The number of carbonyl (C=O) groups is 1. The summed E-state index contributed by atoms with van der Waals surface area (Å²) in [5, 5.41) is 6.09. The lowest BCUT2D eigenvalue weighted by atomic mass is 10.0. The molecule has 3 N–H and O–H groups in total. The van der Waals surface area contributed by atoms with Crippen molar-refractivity contribution in [1.29, 1.82) is 0 Å². The van der Waals surface area contributed by atoms with Gasteiger partial charge in [-0.15, -0.1) is 6.58 Å². The first-order valence-corrected chi connectivity index (χ1v) is 5.98. The van der Waals surface area contributed by atoms with Gasteiger partial charge in [0.2, 0.25) is 6.41 Å². The van der Waals surface area contributed by atoms with Crippen molar-refractivity contribution in [3.05, 3.63) is 24.3 Å². The van der Waals surface area contributed by atoms with E-state index in [0.29, 0.717) is 12.5 Å². The Morgan fingerprint density at radius 2 is 2.41 bits per heavy atom. The van der Waals surface area contributed by atoms with Crippen molar-refractivity contribution < 1.29 is 9.63 Å². The maximum atomic E-state index is 10.5. The van der Waals surface area contributed by atoms with E-state index in [1.165, 1.54) is 18.4 Å². The van der Waals surface area contributed by atoms with Gasteiger partial charge >= 0.3 is 0 Å². The van der Waals surface area contributed by atoms with Crippen molar-refractivity contribution in [2.75, 3.05) is 13.2 Å². The van der Waals surface area contributed by atoms with E-state index in [-0.39, 0.29) is 12.2 Å². The first-order valence-electron chi connectivity index (χ1n) is 5.98. The maximum absolute atomic E-state index is 10.5. The van der Waals surface area contributed by atoms with E-state index in [2.05, 4.69) is 28.8 Å². The van der Waals surface area contributed by atoms with Gasteiger partial charge in [0.25, 0.3) is 0 Å². The Balaban J connectivity index is 1.92. The highest BCUT2D eigenvalue weighted by atomic mass is 16.6. The van der Waals surface area contributed by atoms with E-state index < -0.39 is 0 Å². The number of hydrogen-bond acceptors (Lipinski definition) is 4. The normalized spacial score (nSPS) is 28.4. The van der Waals surface area contributed by atoms with Gasteiger partial charge in [0.15, 0.2) is 0 Å². The zero-order valence-corrected chi connectivity index (χ0v) is 9.82. The van der Waals surface area contributed by atoms with Gasteiger partial charge in [-0.05, 0) is 24.3 Å². The molecule has 2 rings (SSSR count). The molecule has 2 atom stereocenters. The molecule has 5 nitrogen and oxygen atoms in total. The molecular formula is C12H19N3O2. The Hall–Kier alpha value is -1.17. The van der Waals surface area contributed by atoms with Crippen LogP contribution in [0, 0.1) is 5.92 Å². The van der Waals surface area contributed by atoms with E-state index in [4.69, 9.17) is 4.84 Å². The van der Waals surface area contributed by atoms with Crippen molar-refractivity contribution in [2.45, 2.75) is 25.0 Å². The molecule has 0 spiro atoms. The summed E-state index contributed by atoms with van der Waals surface area (Å²) in [4.78, 5) is 15.7. The average Bonchev–Trinajstić information content (AvgIpc) is 3.15. The van der Waals surface area contributed by atoms with Crippen LogP contribution in [0.15, 0.2) is 24.3 Å². The van der Waals surface area contributed by atoms with Gasteiger partial charge < -0.3 is 5.32 Å². The van der Waals surface area contributed by atoms with Crippen LogP contribution in [0.25, 0.3) is 0 Å².